The number of nitro groups is 1. The summed E-state index contributed by atoms with van der Waals surface area (Å²) in [6.07, 6.45) is 0.968. The van der Waals surface area contributed by atoms with Crippen molar-refractivity contribution >= 4 is 11.6 Å². The van der Waals surface area contributed by atoms with E-state index in [1.165, 1.54) is 17.7 Å². The maximum absolute atomic E-state index is 12.8. The number of rotatable bonds is 6. The fourth-order valence-electron chi connectivity index (χ4n) is 3.23. The van der Waals surface area contributed by atoms with Crippen molar-refractivity contribution in [3.8, 4) is 5.75 Å². The molecule has 1 saturated heterocycles. The molecule has 0 radical (unpaired) electrons. The molecule has 27 heavy (non-hydrogen) atoms. The van der Waals surface area contributed by atoms with E-state index >= 15 is 0 Å². The van der Waals surface area contributed by atoms with E-state index in [0.717, 1.165) is 12.0 Å². The van der Waals surface area contributed by atoms with Crippen LogP contribution in [0.4, 0.5) is 5.69 Å². The van der Waals surface area contributed by atoms with Crippen molar-refractivity contribution in [3.63, 3.8) is 0 Å². The topological polar surface area (TPSA) is 84.7 Å². The highest BCUT2D eigenvalue weighted by molar-refractivity contribution is 5.78. The lowest BCUT2D eigenvalue weighted by Gasteiger charge is -2.36. The molecule has 1 N–H and O–H groups in total. The predicted octanol–water partition coefficient (Wildman–Crippen LogP) is 2.71. The Balaban J connectivity index is 1.71. The molecule has 1 aliphatic heterocycles. The van der Waals surface area contributed by atoms with Crippen molar-refractivity contribution in [1.29, 1.82) is 0 Å². The van der Waals surface area contributed by atoms with Gasteiger partial charge in [-0.1, -0.05) is 43.3 Å². The van der Waals surface area contributed by atoms with Crippen LogP contribution >= 0.6 is 0 Å². The van der Waals surface area contributed by atoms with Gasteiger partial charge in [0.1, 0.15) is 0 Å². The second-order valence-corrected chi connectivity index (χ2v) is 6.42. The molecule has 0 saturated carbocycles. The van der Waals surface area contributed by atoms with Gasteiger partial charge in [-0.2, -0.15) is 0 Å². The average Bonchev–Trinajstić information content (AvgIpc) is 2.72. The number of carbonyl (C=O) groups is 1. The summed E-state index contributed by atoms with van der Waals surface area (Å²) in [5.41, 5.74) is 2.18. The van der Waals surface area contributed by atoms with E-state index in [4.69, 9.17) is 4.74 Å². The molecule has 1 fully saturated rings. The van der Waals surface area contributed by atoms with Crippen molar-refractivity contribution in [3.05, 3.63) is 69.8 Å². The molecule has 7 nitrogen and oxygen atoms in total. The molecule has 1 heterocycles. The zero-order valence-corrected chi connectivity index (χ0v) is 15.3. The van der Waals surface area contributed by atoms with Gasteiger partial charge in [0.05, 0.1) is 11.0 Å². The van der Waals surface area contributed by atoms with Crippen molar-refractivity contribution < 1.29 is 14.5 Å². The summed E-state index contributed by atoms with van der Waals surface area (Å²) >= 11 is 0. The smallest absolute Gasteiger partial charge is 0.310 e. The first kappa shape index (κ1) is 18.8. The molecule has 0 bridgehead atoms. The van der Waals surface area contributed by atoms with Crippen LogP contribution < -0.4 is 10.1 Å². The molecular weight excluding hydrogens is 346 g/mol. The second kappa shape index (κ2) is 8.64. The van der Waals surface area contributed by atoms with E-state index in [2.05, 4.69) is 36.5 Å². The summed E-state index contributed by atoms with van der Waals surface area (Å²) < 4.78 is 5.48. The van der Waals surface area contributed by atoms with E-state index in [1.54, 1.807) is 17.0 Å². The van der Waals surface area contributed by atoms with Gasteiger partial charge in [-0.15, -0.1) is 0 Å². The van der Waals surface area contributed by atoms with E-state index in [0.29, 0.717) is 19.6 Å². The Morgan fingerprint density at radius 2 is 2.00 bits per heavy atom. The van der Waals surface area contributed by atoms with E-state index in [9.17, 15) is 14.9 Å². The van der Waals surface area contributed by atoms with Crippen LogP contribution in [0.5, 0.6) is 5.75 Å². The second-order valence-electron chi connectivity index (χ2n) is 6.42. The van der Waals surface area contributed by atoms with Crippen LogP contribution in [-0.4, -0.2) is 42.0 Å². The Morgan fingerprint density at radius 1 is 1.26 bits per heavy atom. The zero-order valence-electron chi connectivity index (χ0n) is 15.3. The van der Waals surface area contributed by atoms with Crippen LogP contribution in [0.3, 0.4) is 0 Å². The Kier molecular flexibility index (Phi) is 6.03. The lowest BCUT2D eigenvalue weighted by atomic mass is 10.0. The van der Waals surface area contributed by atoms with Crippen LogP contribution in [0.2, 0.25) is 0 Å². The number of hydrogen-bond acceptors (Lipinski definition) is 5. The number of ether oxygens (including phenoxy) is 1. The van der Waals surface area contributed by atoms with Crippen LogP contribution in [0.15, 0.2) is 48.5 Å². The Labute approximate surface area is 158 Å². The first-order valence-electron chi connectivity index (χ1n) is 9.05. The number of aryl methyl sites for hydroxylation is 1. The molecule has 1 amide bonds. The summed E-state index contributed by atoms with van der Waals surface area (Å²) in [7, 11) is 0. The molecule has 0 aliphatic carbocycles. The van der Waals surface area contributed by atoms with Crippen molar-refractivity contribution in [2.24, 2.45) is 0 Å². The molecule has 1 aliphatic rings. The third kappa shape index (κ3) is 4.43. The standard InChI is InChI=1S/C20H23N3O4/c1-2-15-7-9-16(10-8-15)18-13-21-11-12-22(18)20(24)14-27-19-6-4-3-5-17(19)23(25)26/h3-10,18,21H,2,11-14H2,1H3. The minimum atomic E-state index is -0.511. The van der Waals surface area contributed by atoms with Gasteiger partial charge < -0.3 is 15.0 Å². The number of benzene rings is 2. The van der Waals surface area contributed by atoms with Gasteiger partial charge in [0.2, 0.25) is 0 Å². The number of carbonyl (C=O) groups excluding carboxylic acids is 1. The summed E-state index contributed by atoms with van der Waals surface area (Å²) in [5.74, 6) is -0.0750. The predicted molar refractivity (Wildman–Crippen MR) is 102 cm³/mol. The van der Waals surface area contributed by atoms with E-state index in [1.807, 2.05) is 0 Å². The molecule has 0 aromatic heterocycles. The Morgan fingerprint density at radius 3 is 2.70 bits per heavy atom. The monoisotopic (exact) mass is 369 g/mol. The summed E-state index contributed by atoms with van der Waals surface area (Å²) in [6, 6.07) is 14.3. The third-order valence-corrected chi connectivity index (χ3v) is 4.75. The van der Waals surface area contributed by atoms with Gasteiger partial charge in [-0.05, 0) is 23.6 Å². The number of nitrogens with one attached hydrogen (secondary N) is 1. The first-order chi connectivity index (χ1) is 13.1. The summed E-state index contributed by atoms with van der Waals surface area (Å²) in [4.78, 5) is 25.1. The SMILES string of the molecule is CCc1ccc(C2CNCCN2C(=O)COc2ccccc2[N+](=O)[O-])cc1. The quantitative estimate of drug-likeness (QED) is 0.625. The molecular formula is C20H23N3O4. The number of para-hydroxylation sites is 2. The normalized spacial score (nSPS) is 16.8. The fourth-order valence-corrected chi connectivity index (χ4v) is 3.23. The van der Waals surface area contributed by atoms with Gasteiger partial charge in [0.25, 0.3) is 5.91 Å². The molecule has 1 atom stereocenters. The molecule has 0 spiro atoms. The van der Waals surface area contributed by atoms with Crippen LogP contribution in [0, 0.1) is 10.1 Å². The van der Waals surface area contributed by atoms with Gasteiger partial charge in [0, 0.05) is 25.7 Å². The molecule has 7 heteroatoms. The van der Waals surface area contributed by atoms with Crippen molar-refractivity contribution in [2.75, 3.05) is 26.2 Å². The van der Waals surface area contributed by atoms with Gasteiger partial charge in [0.15, 0.2) is 12.4 Å². The molecule has 2 aromatic rings. The average molecular weight is 369 g/mol. The third-order valence-electron chi connectivity index (χ3n) is 4.75. The number of amides is 1. The number of hydrogen-bond donors (Lipinski definition) is 1. The van der Waals surface area contributed by atoms with Gasteiger partial charge in [-0.25, -0.2) is 0 Å². The van der Waals surface area contributed by atoms with Crippen LogP contribution in [0.25, 0.3) is 0 Å². The van der Waals surface area contributed by atoms with Crippen LogP contribution in [-0.2, 0) is 11.2 Å². The van der Waals surface area contributed by atoms with E-state index in [-0.39, 0.29) is 30.0 Å². The molecule has 2 aromatic carbocycles. The van der Waals surface area contributed by atoms with Crippen molar-refractivity contribution in [1.82, 2.24) is 10.2 Å². The number of piperazine rings is 1. The number of nitrogens with zero attached hydrogens (tertiary/aromatic N) is 2. The van der Waals surface area contributed by atoms with E-state index < -0.39 is 4.92 Å². The lowest BCUT2D eigenvalue weighted by Crippen LogP contribution is -2.50. The van der Waals surface area contributed by atoms with Gasteiger partial charge in [-0.3, -0.25) is 14.9 Å². The minimum absolute atomic E-state index is 0.0773. The fraction of sp³-hybridized carbons (Fsp3) is 0.350. The Hall–Kier alpha value is -2.93. The molecule has 3 rings (SSSR count). The summed E-state index contributed by atoms with van der Waals surface area (Å²) in [5, 5.41) is 14.4. The first-order valence-corrected chi connectivity index (χ1v) is 9.05. The van der Waals surface area contributed by atoms with Gasteiger partial charge >= 0.3 is 5.69 Å². The maximum Gasteiger partial charge on any atom is 0.310 e. The maximum atomic E-state index is 12.8. The zero-order chi connectivity index (χ0) is 19.2. The molecule has 1 unspecified atom stereocenters. The van der Waals surface area contributed by atoms with Crippen LogP contribution in [0.1, 0.15) is 24.1 Å². The minimum Gasteiger partial charge on any atom is -0.477 e. The Bertz CT molecular complexity index is 807. The highest BCUT2D eigenvalue weighted by Gasteiger charge is 2.28. The number of nitro benzene ring substituents is 1. The largest absolute Gasteiger partial charge is 0.477 e. The summed E-state index contributed by atoms with van der Waals surface area (Å²) in [6.45, 7) is 3.82. The highest BCUT2D eigenvalue weighted by Crippen LogP contribution is 2.27. The van der Waals surface area contributed by atoms with Crippen molar-refractivity contribution in [2.45, 2.75) is 19.4 Å². The highest BCUT2D eigenvalue weighted by atomic mass is 16.6. The molecule has 142 valence electrons. The lowest BCUT2D eigenvalue weighted by molar-refractivity contribution is -0.385.